The standard InChI is InChI=1S/C16H16ClN5O4/c1-3-26-16(23)20-13-9-12(14(22(24)25)15(17)19-13)21(2)18-10-11-7-5-4-6-8-11/h4-10H,3H2,1-2H3,(H,19,20,23)/b18-10+. The molecule has 0 aliphatic carbocycles. The first-order chi connectivity index (χ1) is 12.4. The molecule has 2 rings (SSSR count). The molecule has 0 bridgehead atoms. The fourth-order valence-electron chi connectivity index (χ4n) is 2.00. The molecule has 0 aliphatic rings. The Morgan fingerprint density at radius 1 is 1.46 bits per heavy atom. The summed E-state index contributed by atoms with van der Waals surface area (Å²) in [4.78, 5) is 26.0. The van der Waals surface area contributed by atoms with Crippen LogP contribution >= 0.6 is 11.6 Å². The molecule has 1 aromatic heterocycles. The third kappa shape index (κ3) is 4.90. The van der Waals surface area contributed by atoms with Gasteiger partial charge in [-0.1, -0.05) is 41.9 Å². The molecule has 0 spiro atoms. The first-order valence-corrected chi connectivity index (χ1v) is 7.91. The zero-order valence-corrected chi connectivity index (χ0v) is 14.8. The van der Waals surface area contributed by atoms with Crippen molar-refractivity contribution in [1.82, 2.24) is 4.98 Å². The maximum Gasteiger partial charge on any atom is 0.412 e. The van der Waals surface area contributed by atoms with E-state index in [0.29, 0.717) is 0 Å². The van der Waals surface area contributed by atoms with E-state index >= 15 is 0 Å². The lowest BCUT2D eigenvalue weighted by atomic mass is 10.2. The summed E-state index contributed by atoms with van der Waals surface area (Å²) in [5.74, 6) is 0.0100. The lowest BCUT2D eigenvalue weighted by Gasteiger charge is -2.15. The minimum Gasteiger partial charge on any atom is -0.450 e. The highest BCUT2D eigenvalue weighted by atomic mass is 35.5. The number of aromatic nitrogens is 1. The van der Waals surface area contributed by atoms with E-state index in [-0.39, 0.29) is 23.3 Å². The Morgan fingerprint density at radius 3 is 2.77 bits per heavy atom. The predicted molar refractivity (Wildman–Crippen MR) is 99.0 cm³/mol. The summed E-state index contributed by atoms with van der Waals surface area (Å²) in [5.41, 5.74) is 0.454. The molecular formula is C16H16ClN5O4. The van der Waals surface area contributed by atoms with Gasteiger partial charge < -0.3 is 4.74 Å². The van der Waals surface area contributed by atoms with Gasteiger partial charge in [-0.2, -0.15) is 5.10 Å². The lowest BCUT2D eigenvalue weighted by Crippen LogP contribution is -2.17. The number of hydrazone groups is 1. The molecule has 10 heteroatoms. The van der Waals surface area contributed by atoms with Crippen LogP contribution in [0.2, 0.25) is 5.15 Å². The molecule has 2 aromatic rings. The van der Waals surface area contributed by atoms with Gasteiger partial charge >= 0.3 is 11.8 Å². The Balaban J connectivity index is 2.36. The summed E-state index contributed by atoms with van der Waals surface area (Å²) in [7, 11) is 1.52. The first kappa shape index (κ1) is 19.1. The van der Waals surface area contributed by atoms with E-state index in [1.165, 1.54) is 24.3 Å². The maximum absolute atomic E-state index is 11.5. The molecule has 26 heavy (non-hydrogen) atoms. The Hall–Kier alpha value is -3.20. The summed E-state index contributed by atoms with van der Waals surface area (Å²) in [6.45, 7) is 1.81. The van der Waals surface area contributed by atoms with Crippen molar-refractivity contribution in [3.05, 3.63) is 57.2 Å². The monoisotopic (exact) mass is 377 g/mol. The number of carbonyl (C=O) groups is 1. The van der Waals surface area contributed by atoms with Gasteiger partial charge in [-0.15, -0.1) is 0 Å². The molecule has 9 nitrogen and oxygen atoms in total. The summed E-state index contributed by atoms with van der Waals surface area (Å²) in [6, 6.07) is 10.5. The number of rotatable bonds is 6. The molecule has 1 amide bonds. The van der Waals surface area contributed by atoms with E-state index in [9.17, 15) is 14.9 Å². The third-order valence-electron chi connectivity index (χ3n) is 3.15. The molecule has 136 valence electrons. The summed E-state index contributed by atoms with van der Waals surface area (Å²) in [6.07, 6.45) is 0.794. The van der Waals surface area contributed by atoms with Crippen molar-refractivity contribution in [3.63, 3.8) is 0 Å². The van der Waals surface area contributed by atoms with Gasteiger partial charge in [-0.3, -0.25) is 20.4 Å². The third-order valence-corrected chi connectivity index (χ3v) is 3.41. The van der Waals surface area contributed by atoms with Crippen LogP contribution in [-0.4, -0.2) is 35.9 Å². The molecule has 0 unspecified atom stereocenters. The number of carbonyl (C=O) groups excluding carboxylic acids is 1. The highest BCUT2D eigenvalue weighted by Gasteiger charge is 2.25. The van der Waals surface area contributed by atoms with Gasteiger partial charge in [0.25, 0.3) is 0 Å². The number of nitrogens with zero attached hydrogens (tertiary/aromatic N) is 4. The predicted octanol–water partition coefficient (Wildman–Crippen LogP) is 3.68. The molecule has 1 heterocycles. The van der Waals surface area contributed by atoms with Gasteiger partial charge in [0.2, 0.25) is 5.15 Å². The topological polar surface area (TPSA) is 110 Å². The minimum absolute atomic E-state index is 0.0100. The van der Waals surface area contributed by atoms with Crippen molar-refractivity contribution >= 4 is 41.1 Å². The van der Waals surface area contributed by atoms with Gasteiger partial charge in [-0.25, -0.2) is 9.78 Å². The van der Waals surface area contributed by atoms with Gasteiger partial charge in [0.05, 0.1) is 17.7 Å². The Bertz CT molecular complexity index is 829. The van der Waals surface area contributed by atoms with Gasteiger partial charge in [0.15, 0.2) is 0 Å². The molecule has 1 aromatic carbocycles. The van der Waals surface area contributed by atoms with Crippen LogP contribution in [-0.2, 0) is 4.74 Å². The van der Waals surface area contributed by atoms with E-state index in [0.717, 1.165) is 5.56 Å². The summed E-state index contributed by atoms with van der Waals surface area (Å²) >= 11 is 5.93. The van der Waals surface area contributed by atoms with E-state index in [1.54, 1.807) is 6.92 Å². The molecule has 1 N–H and O–H groups in total. The highest BCUT2D eigenvalue weighted by molar-refractivity contribution is 6.32. The Kier molecular flexibility index (Phi) is 6.45. The van der Waals surface area contributed by atoms with Crippen molar-refractivity contribution in [1.29, 1.82) is 0 Å². The van der Waals surface area contributed by atoms with Crippen LogP contribution in [0.3, 0.4) is 0 Å². The molecule has 0 radical (unpaired) electrons. The van der Waals surface area contributed by atoms with Crippen LogP contribution in [0, 0.1) is 10.1 Å². The number of hydrogen-bond acceptors (Lipinski definition) is 7. The number of nitrogens with one attached hydrogen (secondary N) is 1. The van der Waals surface area contributed by atoms with Gasteiger partial charge in [0.1, 0.15) is 11.5 Å². The van der Waals surface area contributed by atoms with Crippen LogP contribution in [0.4, 0.5) is 22.0 Å². The van der Waals surface area contributed by atoms with E-state index < -0.39 is 16.7 Å². The van der Waals surface area contributed by atoms with Gasteiger partial charge in [-0.05, 0) is 12.5 Å². The fraction of sp³-hybridized carbons (Fsp3) is 0.188. The van der Waals surface area contributed by atoms with Crippen LogP contribution in [0.5, 0.6) is 0 Å². The average molecular weight is 378 g/mol. The van der Waals surface area contributed by atoms with Crippen molar-refractivity contribution < 1.29 is 14.5 Å². The number of nitro groups is 1. The second-order valence-electron chi connectivity index (χ2n) is 4.95. The molecule has 0 aliphatic heterocycles. The maximum atomic E-state index is 11.5. The number of anilines is 2. The average Bonchev–Trinajstić information content (AvgIpc) is 2.59. The molecule has 0 saturated carbocycles. The van der Waals surface area contributed by atoms with E-state index in [4.69, 9.17) is 16.3 Å². The number of benzene rings is 1. The van der Waals surface area contributed by atoms with Crippen LogP contribution in [0.1, 0.15) is 12.5 Å². The Labute approximate surface area is 154 Å². The molecule has 0 atom stereocenters. The van der Waals surface area contributed by atoms with Crippen LogP contribution in [0.15, 0.2) is 41.5 Å². The van der Waals surface area contributed by atoms with E-state index in [2.05, 4.69) is 15.4 Å². The highest BCUT2D eigenvalue weighted by Crippen LogP contribution is 2.35. The number of halogens is 1. The number of amides is 1. The van der Waals surface area contributed by atoms with Crippen LogP contribution < -0.4 is 10.3 Å². The van der Waals surface area contributed by atoms with Gasteiger partial charge in [0, 0.05) is 13.1 Å². The number of ether oxygens (including phenoxy) is 1. The minimum atomic E-state index is -0.744. The van der Waals surface area contributed by atoms with Crippen molar-refractivity contribution in [2.45, 2.75) is 6.92 Å². The summed E-state index contributed by atoms with van der Waals surface area (Å²) < 4.78 is 4.76. The van der Waals surface area contributed by atoms with E-state index in [1.807, 2.05) is 30.3 Å². The second kappa shape index (κ2) is 8.77. The second-order valence-corrected chi connectivity index (χ2v) is 5.31. The number of pyridine rings is 1. The zero-order valence-electron chi connectivity index (χ0n) is 14.0. The van der Waals surface area contributed by atoms with Crippen molar-refractivity contribution in [2.75, 3.05) is 24.0 Å². The number of hydrogen-bond donors (Lipinski definition) is 1. The Morgan fingerprint density at radius 2 is 2.15 bits per heavy atom. The molecule has 0 saturated heterocycles. The normalized spacial score (nSPS) is 10.6. The van der Waals surface area contributed by atoms with Crippen molar-refractivity contribution in [2.24, 2.45) is 5.10 Å². The largest absolute Gasteiger partial charge is 0.450 e. The molecule has 0 fully saturated rings. The first-order valence-electron chi connectivity index (χ1n) is 7.53. The summed E-state index contributed by atoms with van der Waals surface area (Å²) in [5, 5.41) is 18.8. The smallest absolute Gasteiger partial charge is 0.412 e. The van der Waals surface area contributed by atoms with Crippen LogP contribution in [0.25, 0.3) is 0 Å². The quantitative estimate of drug-likeness (QED) is 0.356. The molecular weight excluding hydrogens is 362 g/mol. The SMILES string of the molecule is CCOC(=O)Nc1cc(N(C)/N=C/c2ccccc2)c([N+](=O)[O-])c(Cl)n1. The van der Waals surface area contributed by atoms with Crippen molar-refractivity contribution in [3.8, 4) is 0 Å². The lowest BCUT2D eigenvalue weighted by molar-refractivity contribution is -0.384. The fourth-order valence-corrected chi connectivity index (χ4v) is 2.26. The zero-order chi connectivity index (χ0) is 19.1.